The number of rotatable bonds is 6. The average molecular weight is 400 g/mol. The van der Waals surface area contributed by atoms with E-state index in [1.54, 1.807) is 36.4 Å². The molecular formula is C21H22ClN3O3. The number of aromatic nitrogens is 1. The zero-order valence-corrected chi connectivity index (χ0v) is 16.7. The Morgan fingerprint density at radius 1 is 1.14 bits per heavy atom. The van der Waals surface area contributed by atoms with Crippen LogP contribution in [0.5, 0.6) is 5.75 Å². The van der Waals surface area contributed by atoms with Crippen molar-refractivity contribution in [3.8, 4) is 17.1 Å². The van der Waals surface area contributed by atoms with Gasteiger partial charge in [-0.05, 0) is 56.7 Å². The van der Waals surface area contributed by atoms with Crippen molar-refractivity contribution in [1.29, 1.82) is 0 Å². The van der Waals surface area contributed by atoms with Crippen LogP contribution in [0.15, 0.2) is 53.1 Å². The SMILES string of the molecule is CC(C)Oc1ccc(-c2cc(C(=O)Nc3ccc(C(C)N)cc3)no2)cc1Cl. The smallest absolute Gasteiger partial charge is 0.277 e. The van der Waals surface area contributed by atoms with Crippen molar-refractivity contribution in [2.75, 3.05) is 5.32 Å². The minimum Gasteiger partial charge on any atom is -0.489 e. The molecule has 2 aromatic carbocycles. The number of carbonyl (C=O) groups excluding carboxylic acids is 1. The number of hydrogen-bond acceptors (Lipinski definition) is 5. The van der Waals surface area contributed by atoms with Crippen LogP contribution >= 0.6 is 11.6 Å². The summed E-state index contributed by atoms with van der Waals surface area (Å²) in [6.45, 7) is 5.75. The second-order valence-corrected chi connectivity index (χ2v) is 7.16. The summed E-state index contributed by atoms with van der Waals surface area (Å²) < 4.78 is 10.9. The lowest BCUT2D eigenvalue weighted by Crippen LogP contribution is -2.12. The fourth-order valence-electron chi connectivity index (χ4n) is 2.59. The molecule has 0 aliphatic rings. The lowest BCUT2D eigenvalue weighted by Gasteiger charge is -2.11. The van der Waals surface area contributed by atoms with E-state index in [-0.39, 0.29) is 23.7 Å². The van der Waals surface area contributed by atoms with Gasteiger partial charge in [-0.25, -0.2) is 0 Å². The van der Waals surface area contributed by atoms with E-state index < -0.39 is 0 Å². The number of carbonyl (C=O) groups is 1. The molecule has 0 bridgehead atoms. The van der Waals surface area contributed by atoms with Crippen molar-refractivity contribution in [2.45, 2.75) is 32.9 Å². The molecule has 3 rings (SSSR count). The van der Waals surface area contributed by atoms with E-state index in [1.807, 2.05) is 32.9 Å². The van der Waals surface area contributed by atoms with E-state index in [9.17, 15) is 4.79 Å². The van der Waals surface area contributed by atoms with Crippen LogP contribution in [0.25, 0.3) is 11.3 Å². The third kappa shape index (κ3) is 4.71. The molecule has 146 valence electrons. The molecular weight excluding hydrogens is 378 g/mol. The Hall–Kier alpha value is -2.83. The van der Waals surface area contributed by atoms with Crippen LogP contribution in [0.1, 0.15) is 42.9 Å². The summed E-state index contributed by atoms with van der Waals surface area (Å²) in [7, 11) is 0. The second kappa shape index (κ2) is 8.46. The van der Waals surface area contributed by atoms with Crippen molar-refractivity contribution in [3.05, 3.63) is 64.8 Å². The van der Waals surface area contributed by atoms with Gasteiger partial charge in [0.25, 0.3) is 5.91 Å². The molecule has 3 aromatic rings. The third-order valence-electron chi connectivity index (χ3n) is 4.02. The molecule has 28 heavy (non-hydrogen) atoms. The minimum absolute atomic E-state index is 0.0195. The van der Waals surface area contributed by atoms with E-state index in [0.717, 1.165) is 5.56 Å². The quantitative estimate of drug-likeness (QED) is 0.605. The molecule has 1 amide bonds. The number of halogens is 1. The van der Waals surface area contributed by atoms with Crippen LogP contribution in [-0.2, 0) is 0 Å². The number of hydrogen-bond donors (Lipinski definition) is 2. The van der Waals surface area contributed by atoms with Gasteiger partial charge in [-0.2, -0.15) is 0 Å². The molecule has 7 heteroatoms. The largest absolute Gasteiger partial charge is 0.489 e. The monoisotopic (exact) mass is 399 g/mol. The van der Waals surface area contributed by atoms with Crippen LogP contribution in [0.3, 0.4) is 0 Å². The summed E-state index contributed by atoms with van der Waals surface area (Å²) >= 11 is 6.26. The van der Waals surface area contributed by atoms with Gasteiger partial charge in [-0.3, -0.25) is 4.79 Å². The summed E-state index contributed by atoms with van der Waals surface area (Å²) in [6, 6.07) is 14.1. The molecule has 0 fully saturated rings. The Morgan fingerprint density at radius 2 is 1.86 bits per heavy atom. The fraction of sp³-hybridized carbons (Fsp3) is 0.238. The second-order valence-electron chi connectivity index (χ2n) is 6.75. The number of amides is 1. The first kappa shape index (κ1) is 19.9. The number of anilines is 1. The lowest BCUT2D eigenvalue weighted by molar-refractivity contribution is 0.101. The summed E-state index contributed by atoms with van der Waals surface area (Å²) in [5.41, 5.74) is 8.34. The van der Waals surface area contributed by atoms with Crippen LogP contribution in [0.2, 0.25) is 5.02 Å². The van der Waals surface area contributed by atoms with Gasteiger partial charge in [0, 0.05) is 23.4 Å². The number of nitrogens with zero attached hydrogens (tertiary/aromatic N) is 1. The number of nitrogens with one attached hydrogen (secondary N) is 1. The van der Waals surface area contributed by atoms with E-state index >= 15 is 0 Å². The van der Waals surface area contributed by atoms with Crippen LogP contribution < -0.4 is 15.8 Å². The molecule has 0 spiro atoms. The molecule has 0 radical (unpaired) electrons. The molecule has 0 saturated carbocycles. The molecule has 1 unspecified atom stereocenters. The maximum Gasteiger partial charge on any atom is 0.277 e. The third-order valence-corrected chi connectivity index (χ3v) is 4.31. The maximum absolute atomic E-state index is 12.4. The standard InChI is InChI=1S/C21H22ClN3O3/c1-12(2)27-19-9-6-15(10-17(19)22)20-11-18(25-28-20)21(26)24-16-7-4-14(5-8-16)13(3)23/h4-13H,23H2,1-3H3,(H,24,26). The van der Waals surface area contributed by atoms with Crippen molar-refractivity contribution in [3.63, 3.8) is 0 Å². The molecule has 0 saturated heterocycles. The van der Waals surface area contributed by atoms with E-state index in [1.165, 1.54) is 0 Å². The Labute approximate surface area is 168 Å². The molecule has 1 heterocycles. The first-order chi connectivity index (χ1) is 13.3. The molecule has 0 aliphatic heterocycles. The molecule has 1 atom stereocenters. The predicted molar refractivity (Wildman–Crippen MR) is 110 cm³/mol. The summed E-state index contributed by atoms with van der Waals surface area (Å²) in [6.07, 6.45) is 0.0195. The Bertz CT molecular complexity index is 965. The van der Waals surface area contributed by atoms with Crippen LogP contribution in [-0.4, -0.2) is 17.2 Å². The first-order valence-electron chi connectivity index (χ1n) is 8.93. The van der Waals surface area contributed by atoms with Crippen molar-refractivity contribution in [1.82, 2.24) is 5.16 Å². The predicted octanol–water partition coefficient (Wildman–Crippen LogP) is 5.05. The highest BCUT2D eigenvalue weighted by Crippen LogP contribution is 2.31. The van der Waals surface area contributed by atoms with Gasteiger partial charge in [-0.15, -0.1) is 0 Å². The summed E-state index contributed by atoms with van der Waals surface area (Å²) in [4.78, 5) is 12.4. The maximum atomic E-state index is 12.4. The molecule has 3 N–H and O–H groups in total. The molecule has 0 aliphatic carbocycles. The Kier molecular flexibility index (Phi) is 6.02. The van der Waals surface area contributed by atoms with E-state index in [2.05, 4.69) is 10.5 Å². The summed E-state index contributed by atoms with van der Waals surface area (Å²) in [5, 5.41) is 7.10. The number of nitrogens with two attached hydrogens (primary N) is 1. The Balaban J connectivity index is 1.72. The van der Waals surface area contributed by atoms with Crippen molar-refractivity contribution >= 4 is 23.2 Å². The van der Waals surface area contributed by atoms with Gasteiger partial charge < -0.3 is 20.3 Å². The number of benzene rings is 2. The minimum atomic E-state index is -0.366. The van der Waals surface area contributed by atoms with E-state index in [0.29, 0.717) is 27.8 Å². The average Bonchev–Trinajstić information content (AvgIpc) is 3.14. The van der Waals surface area contributed by atoms with Crippen molar-refractivity contribution in [2.24, 2.45) is 5.73 Å². The lowest BCUT2D eigenvalue weighted by atomic mass is 10.1. The highest BCUT2D eigenvalue weighted by molar-refractivity contribution is 6.32. The zero-order valence-electron chi connectivity index (χ0n) is 15.9. The normalized spacial score (nSPS) is 12.1. The zero-order chi connectivity index (χ0) is 20.3. The summed E-state index contributed by atoms with van der Waals surface area (Å²) in [5.74, 6) is 0.665. The van der Waals surface area contributed by atoms with Crippen LogP contribution in [0, 0.1) is 0 Å². The van der Waals surface area contributed by atoms with Gasteiger partial charge in [0.1, 0.15) is 5.75 Å². The van der Waals surface area contributed by atoms with Gasteiger partial charge in [0.2, 0.25) is 0 Å². The van der Waals surface area contributed by atoms with Crippen LogP contribution in [0.4, 0.5) is 5.69 Å². The first-order valence-corrected chi connectivity index (χ1v) is 9.31. The van der Waals surface area contributed by atoms with Gasteiger partial charge in [0.15, 0.2) is 11.5 Å². The highest BCUT2D eigenvalue weighted by Gasteiger charge is 2.15. The Morgan fingerprint density at radius 3 is 2.46 bits per heavy atom. The fourth-order valence-corrected chi connectivity index (χ4v) is 2.81. The molecule has 6 nitrogen and oxygen atoms in total. The number of ether oxygens (including phenoxy) is 1. The van der Waals surface area contributed by atoms with Gasteiger partial charge in [-0.1, -0.05) is 28.9 Å². The van der Waals surface area contributed by atoms with E-state index in [4.69, 9.17) is 26.6 Å². The van der Waals surface area contributed by atoms with Crippen molar-refractivity contribution < 1.29 is 14.1 Å². The van der Waals surface area contributed by atoms with Gasteiger partial charge in [0.05, 0.1) is 11.1 Å². The topological polar surface area (TPSA) is 90.4 Å². The highest BCUT2D eigenvalue weighted by atomic mass is 35.5. The van der Waals surface area contributed by atoms with Gasteiger partial charge >= 0.3 is 0 Å². The molecule has 1 aromatic heterocycles.